The number of aliphatic hydroxyl groups excluding tert-OH is 1. The number of hydrogen-bond donors (Lipinski definition) is 1. The Labute approximate surface area is 145 Å². The highest BCUT2D eigenvalue weighted by Crippen LogP contribution is 2.21. The Hall–Kier alpha value is -2.45. The van der Waals surface area contributed by atoms with Crippen molar-refractivity contribution >= 4 is 5.91 Å². The lowest BCUT2D eigenvalue weighted by molar-refractivity contribution is 0.0762. The number of benzene rings is 1. The zero-order chi connectivity index (χ0) is 18.0. The minimum absolute atomic E-state index is 0.100. The molecule has 0 bridgehead atoms. The molecule has 8 nitrogen and oxygen atoms in total. The number of carbonyl (C=O) groups is 1. The summed E-state index contributed by atoms with van der Waals surface area (Å²) in [5, 5.41) is 18.0. The van der Waals surface area contributed by atoms with Gasteiger partial charge in [-0.3, -0.25) is 9.69 Å². The van der Waals surface area contributed by atoms with E-state index in [9.17, 15) is 9.90 Å². The summed E-state index contributed by atoms with van der Waals surface area (Å²) in [5.74, 6) is 0.601. The molecule has 0 unspecified atom stereocenters. The van der Waals surface area contributed by atoms with Gasteiger partial charge in [0.1, 0.15) is 17.1 Å². The molecule has 0 saturated carbocycles. The summed E-state index contributed by atoms with van der Waals surface area (Å²) in [6.07, 6.45) is -0.618. The van der Waals surface area contributed by atoms with Crippen molar-refractivity contribution in [1.29, 1.82) is 0 Å². The number of likely N-dealkylation sites (N-methyl/N-ethyl adjacent to an activating group) is 1. The van der Waals surface area contributed by atoms with Gasteiger partial charge in [0.15, 0.2) is 0 Å². The summed E-state index contributed by atoms with van der Waals surface area (Å²) in [6.45, 7) is 3.08. The van der Waals surface area contributed by atoms with Crippen LogP contribution < -0.4 is 4.74 Å². The monoisotopic (exact) mass is 346 g/mol. The Morgan fingerprint density at radius 3 is 2.68 bits per heavy atom. The van der Waals surface area contributed by atoms with Gasteiger partial charge in [-0.15, -0.1) is 0 Å². The van der Waals surface area contributed by atoms with Crippen molar-refractivity contribution in [2.45, 2.75) is 25.6 Å². The van der Waals surface area contributed by atoms with Gasteiger partial charge in [0, 0.05) is 25.2 Å². The molecule has 1 aliphatic rings. The van der Waals surface area contributed by atoms with Crippen LogP contribution in [0.1, 0.15) is 21.7 Å². The standard InChI is InChI=1S/C17H22N4O4/c1-11-14(19-25-18-11)8-20(2)15-9-21(10-16(15)22)17(23)12-4-6-13(24-3)7-5-12/h4-7,15-16,22H,8-10H2,1-3H3/t15-,16-/m0/s1. The zero-order valence-electron chi connectivity index (χ0n) is 14.5. The summed E-state index contributed by atoms with van der Waals surface area (Å²) >= 11 is 0. The van der Waals surface area contributed by atoms with Gasteiger partial charge in [-0.1, -0.05) is 10.3 Å². The third-order valence-electron chi connectivity index (χ3n) is 4.59. The predicted molar refractivity (Wildman–Crippen MR) is 89.2 cm³/mol. The highest BCUT2D eigenvalue weighted by atomic mass is 16.6. The van der Waals surface area contributed by atoms with Crippen LogP contribution in [0.15, 0.2) is 28.9 Å². The Kier molecular flexibility index (Phi) is 5.00. The van der Waals surface area contributed by atoms with E-state index in [-0.39, 0.29) is 11.9 Å². The largest absolute Gasteiger partial charge is 0.497 e. The number of β-amino-alcohol motifs (C(OH)–C–C–N with tert-alkyl or cyclic N) is 1. The van der Waals surface area contributed by atoms with E-state index < -0.39 is 6.10 Å². The Balaban J connectivity index is 1.65. The maximum Gasteiger partial charge on any atom is 0.254 e. The number of aryl methyl sites for hydroxylation is 1. The minimum atomic E-state index is -0.618. The normalized spacial score (nSPS) is 20.3. The maximum atomic E-state index is 12.6. The second kappa shape index (κ2) is 7.20. The van der Waals surface area contributed by atoms with E-state index in [1.807, 2.05) is 18.9 Å². The first-order valence-corrected chi connectivity index (χ1v) is 8.09. The Morgan fingerprint density at radius 2 is 2.08 bits per heavy atom. The van der Waals surface area contributed by atoms with Gasteiger partial charge in [0.05, 0.1) is 19.3 Å². The summed E-state index contributed by atoms with van der Waals surface area (Å²) < 4.78 is 9.82. The van der Waals surface area contributed by atoms with E-state index in [0.717, 1.165) is 11.4 Å². The quantitative estimate of drug-likeness (QED) is 0.852. The fourth-order valence-corrected chi connectivity index (χ4v) is 3.03. The number of likely N-dealkylation sites (tertiary alicyclic amines) is 1. The van der Waals surface area contributed by atoms with Crippen molar-refractivity contribution in [2.24, 2.45) is 0 Å². The van der Waals surface area contributed by atoms with Crippen molar-refractivity contribution in [3.05, 3.63) is 41.2 Å². The number of nitrogens with zero attached hydrogens (tertiary/aromatic N) is 4. The average molecular weight is 346 g/mol. The molecule has 0 radical (unpaired) electrons. The fourth-order valence-electron chi connectivity index (χ4n) is 3.03. The van der Waals surface area contributed by atoms with E-state index in [2.05, 4.69) is 10.3 Å². The molecule has 2 atom stereocenters. The molecule has 8 heteroatoms. The van der Waals surface area contributed by atoms with Crippen LogP contribution in [-0.4, -0.2) is 70.5 Å². The van der Waals surface area contributed by atoms with E-state index in [4.69, 9.17) is 9.37 Å². The summed E-state index contributed by atoms with van der Waals surface area (Å²) in [4.78, 5) is 16.3. The first-order chi connectivity index (χ1) is 12.0. The summed E-state index contributed by atoms with van der Waals surface area (Å²) in [7, 11) is 3.48. The molecule has 2 heterocycles. The molecule has 0 aliphatic carbocycles. The van der Waals surface area contributed by atoms with Crippen LogP contribution in [0.2, 0.25) is 0 Å². The van der Waals surface area contributed by atoms with Gasteiger partial charge < -0.3 is 14.7 Å². The van der Waals surface area contributed by atoms with E-state index in [1.165, 1.54) is 0 Å². The molecule has 1 N–H and O–H groups in total. The molecule has 1 aromatic heterocycles. The number of amides is 1. The SMILES string of the molecule is COc1ccc(C(=O)N2C[C@H](O)[C@@H](N(C)Cc3nonc3C)C2)cc1. The Bertz CT molecular complexity index is 731. The Morgan fingerprint density at radius 1 is 1.36 bits per heavy atom. The fraction of sp³-hybridized carbons (Fsp3) is 0.471. The third kappa shape index (κ3) is 3.64. The number of rotatable bonds is 5. The van der Waals surface area contributed by atoms with Crippen molar-refractivity contribution in [2.75, 3.05) is 27.2 Å². The smallest absolute Gasteiger partial charge is 0.254 e. The molecule has 1 aliphatic heterocycles. The van der Waals surface area contributed by atoms with Gasteiger partial charge in [-0.25, -0.2) is 4.63 Å². The molecule has 25 heavy (non-hydrogen) atoms. The molecule has 1 amide bonds. The molecular formula is C17H22N4O4. The van der Waals surface area contributed by atoms with Crippen LogP contribution in [0, 0.1) is 6.92 Å². The lowest BCUT2D eigenvalue weighted by atomic mass is 10.2. The van der Waals surface area contributed by atoms with Crippen LogP contribution in [0.5, 0.6) is 5.75 Å². The second-order valence-electron chi connectivity index (χ2n) is 6.28. The van der Waals surface area contributed by atoms with Crippen LogP contribution in [0.4, 0.5) is 0 Å². The van der Waals surface area contributed by atoms with Gasteiger partial charge in [0.25, 0.3) is 5.91 Å². The summed E-state index contributed by atoms with van der Waals surface area (Å²) in [5.41, 5.74) is 2.04. The van der Waals surface area contributed by atoms with E-state index in [1.54, 1.807) is 36.3 Å². The lowest BCUT2D eigenvalue weighted by Crippen LogP contribution is -2.40. The molecule has 2 aromatic rings. The third-order valence-corrected chi connectivity index (χ3v) is 4.59. The van der Waals surface area contributed by atoms with Crippen LogP contribution >= 0.6 is 0 Å². The predicted octanol–water partition coefficient (Wildman–Crippen LogP) is 0.704. The molecular weight excluding hydrogens is 324 g/mol. The molecule has 1 fully saturated rings. The number of aliphatic hydroxyl groups is 1. The number of aromatic nitrogens is 2. The highest BCUT2D eigenvalue weighted by molar-refractivity contribution is 5.94. The minimum Gasteiger partial charge on any atom is -0.497 e. The number of carbonyl (C=O) groups excluding carboxylic acids is 1. The topological polar surface area (TPSA) is 91.9 Å². The van der Waals surface area contributed by atoms with Gasteiger partial charge in [0.2, 0.25) is 0 Å². The maximum absolute atomic E-state index is 12.6. The molecule has 1 saturated heterocycles. The molecule has 0 spiro atoms. The van der Waals surface area contributed by atoms with Crippen molar-refractivity contribution in [3.63, 3.8) is 0 Å². The van der Waals surface area contributed by atoms with Crippen molar-refractivity contribution < 1.29 is 19.3 Å². The zero-order valence-corrected chi connectivity index (χ0v) is 14.5. The molecule has 1 aromatic carbocycles. The number of ether oxygens (including phenoxy) is 1. The highest BCUT2D eigenvalue weighted by Gasteiger charge is 2.37. The first kappa shape index (κ1) is 17.4. The first-order valence-electron chi connectivity index (χ1n) is 8.09. The van der Waals surface area contributed by atoms with Gasteiger partial charge in [-0.05, 0) is 38.2 Å². The second-order valence-corrected chi connectivity index (χ2v) is 6.28. The lowest BCUT2D eigenvalue weighted by Gasteiger charge is -2.25. The van der Waals surface area contributed by atoms with Crippen molar-refractivity contribution in [1.82, 2.24) is 20.1 Å². The molecule has 134 valence electrons. The van der Waals surface area contributed by atoms with Crippen LogP contribution in [0.3, 0.4) is 0 Å². The van der Waals surface area contributed by atoms with Gasteiger partial charge in [-0.2, -0.15) is 0 Å². The van der Waals surface area contributed by atoms with Crippen LogP contribution in [-0.2, 0) is 6.54 Å². The van der Waals surface area contributed by atoms with E-state index in [0.29, 0.717) is 30.9 Å². The molecule has 3 rings (SSSR count). The summed E-state index contributed by atoms with van der Waals surface area (Å²) in [6, 6.07) is 6.80. The number of methoxy groups -OCH3 is 1. The average Bonchev–Trinajstić information content (AvgIpc) is 3.20. The van der Waals surface area contributed by atoms with Crippen molar-refractivity contribution in [3.8, 4) is 5.75 Å². The number of hydrogen-bond acceptors (Lipinski definition) is 7. The van der Waals surface area contributed by atoms with E-state index >= 15 is 0 Å². The van der Waals surface area contributed by atoms with Gasteiger partial charge >= 0.3 is 0 Å². The van der Waals surface area contributed by atoms with Crippen LogP contribution in [0.25, 0.3) is 0 Å².